The molecule has 4 heteroatoms. The molecule has 4 fully saturated rings. The van der Waals surface area contributed by atoms with Gasteiger partial charge in [-0.15, -0.1) is 5.10 Å². The van der Waals surface area contributed by atoms with Gasteiger partial charge in [-0.3, -0.25) is 4.79 Å². The lowest BCUT2D eigenvalue weighted by molar-refractivity contribution is -0.00828. The SMILES string of the molecule is O=C(/C=C/c1ccc(-n2nncc2C23CC4CC(CC(C4)C2)C3)cc1)c1ccccc1. The van der Waals surface area contributed by atoms with E-state index in [1.807, 2.05) is 42.6 Å². The standard InChI is InChI=1S/C27H27N3O/c31-25(23-4-2-1-3-5-23)11-8-19-6-9-24(10-7-19)30-26(18-28-29-30)27-15-20-12-21(16-27)14-22(13-20)17-27/h1-11,18,20-22H,12-17H2/b11-8+. The van der Waals surface area contributed by atoms with Gasteiger partial charge in [-0.2, -0.15) is 0 Å². The molecule has 2 aromatic carbocycles. The zero-order valence-corrected chi connectivity index (χ0v) is 17.7. The fourth-order valence-electron chi connectivity index (χ4n) is 6.81. The van der Waals surface area contributed by atoms with E-state index < -0.39 is 0 Å². The average Bonchev–Trinajstić information content (AvgIpc) is 3.29. The van der Waals surface area contributed by atoms with Gasteiger partial charge in [-0.05, 0) is 80.1 Å². The number of hydrogen-bond acceptors (Lipinski definition) is 3. The second-order valence-electron chi connectivity index (χ2n) is 9.88. The quantitative estimate of drug-likeness (QED) is 0.405. The van der Waals surface area contributed by atoms with Crippen LogP contribution in [0.4, 0.5) is 0 Å². The summed E-state index contributed by atoms with van der Waals surface area (Å²) in [6.07, 6.45) is 13.7. The van der Waals surface area contributed by atoms with Crippen molar-refractivity contribution in [2.45, 2.75) is 43.9 Å². The number of hydrogen-bond donors (Lipinski definition) is 0. The highest BCUT2D eigenvalue weighted by Gasteiger charge is 2.53. The van der Waals surface area contributed by atoms with Crippen molar-refractivity contribution in [3.8, 4) is 5.69 Å². The van der Waals surface area contributed by atoms with Crippen LogP contribution < -0.4 is 0 Å². The Labute approximate surface area is 183 Å². The van der Waals surface area contributed by atoms with Gasteiger partial charge in [0.15, 0.2) is 5.78 Å². The highest BCUT2D eigenvalue weighted by atomic mass is 16.1. The summed E-state index contributed by atoms with van der Waals surface area (Å²) in [5.41, 5.74) is 4.32. The third-order valence-electron chi connectivity index (χ3n) is 7.75. The van der Waals surface area contributed by atoms with Crippen molar-refractivity contribution in [2.24, 2.45) is 17.8 Å². The molecule has 0 spiro atoms. The normalized spacial score (nSPS) is 29.0. The lowest BCUT2D eigenvalue weighted by atomic mass is 9.49. The molecule has 7 rings (SSSR count). The number of carbonyl (C=O) groups is 1. The molecule has 4 saturated carbocycles. The van der Waals surface area contributed by atoms with E-state index in [1.54, 1.807) is 6.08 Å². The number of ketones is 1. The van der Waals surface area contributed by atoms with E-state index in [1.165, 1.54) is 44.2 Å². The van der Waals surface area contributed by atoms with E-state index in [4.69, 9.17) is 0 Å². The van der Waals surface area contributed by atoms with Gasteiger partial charge < -0.3 is 0 Å². The Morgan fingerprint density at radius 2 is 1.55 bits per heavy atom. The Kier molecular flexibility index (Phi) is 4.41. The van der Waals surface area contributed by atoms with Crippen LogP contribution in [0.1, 0.15) is 60.1 Å². The van der Waals surface area contributed by atoms with Crippen molar-refractivity contribution in [3.63, 3.8) is 0 Å². The summed E-state index contributed by atoms with van der Waals surface area (Å²) < 4.78 is 2.07. The summed E-state index contributed by atoms with van der Waals surface area (Å²) in [4.78, 5) is 12.3. The van der Waals surface area contributed by atoms with Gasteiger partial charge in [0, 0.05) is 11.0 Å². The summed E-state index contributed by atoms with van der Waals surface area (Å²) >= 11 is 0. The summed E-state index contributed by atoms with van der Waals surface area (Å²) in [7, 11) is 0. The topological polar surface area (TPSA) is 47.8 Å². The van der Waals surface area contributed by atoms with Crippen molar-refractivity contribution in [3.05, 3.63) is 83.7 Å². The maximum absolute atomic E-state index is 12.3. The summed E-state index contributed by atoms with van der Waals surface area (Å²) in [5.74, 6) is 2.70. The number of allylic oxidation sites excluding steroid dienone is 1. The van der Waals surface area contributed by atoms with Crippen molar-refractivity contribution >= 4 is 11.9 Å². The van der Waals surface area contributed by atoms with Gasteiger partial charge >= 0.3 is 0 Å². The Morgan fingerprint density at radius 3 is 2.19 bits per heavy atom. The lowest BCUT2D eigenvalue weighted by Crippen LogP contribution is -2.49. The largest absolute Gasteiger partial charge is 0.289 e. The minimum absolute atomic E-state index is 0.0186. The molecule has 1 aromatic heterocycles. The first-order chi connectivity index (χ1) is 15.2. The molecule has 0 saturated heterocycles. The van der Waals surface area contributed by atoms with Crippen LogP contribution >= 0.6 is 0 Å². The van der Waals surface area contributed by atoms with E-state index in [0.29, 0.717) is 5.56 Å². The van der Waals surface area contributed by atoms with Crippen LogP contribution in [0.2, 0.25) is 0 Å². The number of benzene rings is 2. The molecule has 4 nitrogen and oxygen atoms in total. The Balaban J connectivity index is 1.24. The molecule has 31 heavy (non-hydrogen) atoms. The molecular formula is C27H27N3O. The van der Waals surface area contributed by atoms with Crippen molar-refractivity contribution in [1.29, 1.82) is 0 Å². The zero-order valence-electron chi connectivity index (χ0n) is 17.7. The van der Waals surface area contributed by atoms with Gasteiger partial charge in [0.25, 0.3) is 0 Å². The predicted octanol–water partition coefficient (Wildman–Crippen LogP) is 5.63. The molecule has 4 aliphatic rings. The molecule has 0 radical (unpaired) electrons. The van der Waals surface area contributed by atoms with Crippen molar-refractivity contribution in [1.82, 2.24) is 15.0 Å². The molecule has 0 aliphatic heterocycles. The number of carbonyl (C=O) groups excluding carboxylic acids is 1. The fraction of sp³-hybridized carbons (Fsp3) is 0.370. The second-order valence-corrected chi connectivity index (χ2v) is 9.88. The Morgan fingerprint density at radius 1 is 0.903 bits per heavy atom. The average molecular weight is 410 g/mol. The van der Waals surface area contributed by atoms with E-state index in [0.717, 1.165) is 29.0 Å². The highest BCUT2D eigenvalue weighted by Crippen LogP contribution is 2.60. The first kappa shape index (κ1) is 18.7. The third-order valence-corrected chi connectivity index (χ3v) is 7.75. The van der Waals surface area contributed by atoms with E-state index in [9.17, 15) is 4.79 Å². The molecule has 0 amide bonds. The van der Waals surface area contributed by atoms with E-state index >= 15 is 0 Å². The van der Waals surface area contributed by atoms with Gasteiger partial charge in [0.2, 0.25) is 0 Å². The summed E-state index contributed by atoms with van der Waals surface area (Å²) in [6.45, 7) is 0. The number of rotatable bonds is 5. The predicted molar refractivity (Wildman–Crippen MR) is 121 cm³/mol. The Hall–Kier alpha value is -3.01. The third kappa shape index (κ3) is 3.34. The van der Waals surface area contributed by atoms with Crippen LogP contribution in [0, 0.1) is 17.8 Å². The maximum atomic E-state index is 12.3. The van der Waals surface area contributed by atoms with Crippen LogP contribution in [0.5, 0.6) is 0 Å². The molecule has 4 bridgehead atoms. The number of aromatic nitrogens is 3. The molecular weight excluding hydrogens is 382 g/mol. The van der Waals surface area contributed by atoms with Gasteiger partial charge in [0.1, 0.15) is 0 Å². The second kappa shape index (κ2) is 7.30. The smallest absolute Gasteiger partial charge is 0.185 e. The summed E-state index contributed by atoms with van der Waals surface area (Å²) in [5, 5.41) is 8.81. The van der Waals surface area contributed by atoms with Gasteiger partial charge in [-0.25, -0.2) is 4.68 Å². The van der Waals surface area contributed by atoms with Crippen molar-refractivity contribution < 1.29 is 4.79 Å². The molecule has 3 aromatic rings. The minimum Gasteiger partial charge on any atom is -0.289 e. The first-order valence-corrected chi connectivity index (χ1v) is 11.5. The molecule has 0 atom stereocenters. The highest BCUT2D eigenvalue weighted by molar-refractivity contribution is 6.06. The van der Waals surface area contributed by atoms with Crippen molar-refractivity contribution in [2.75, 3.05) is 0 Å². The van der Waals surface area contributed by atoms with Crippen LogP contribution in [-0.2, 0) is 5.41 Å². The van der Waals surface area contributed by atoms with Gasteiger partial charge in [-0.1, -0.05) is 53.8 Å². The van der Waals surface area contributed by atoms with Crippen LogP contribution in [-0.4, -0.2) is 20.8 Å². The molecule has 1 heterocycles. The van der Waals surface area contributed by atoms with E-state index in [2.05, 4.69) is 39.3 Å². The monoisotopic (exact) mass is 409 g/mol. The lowest BCUT2D eigenvalue weighted by Gasteiger charge is -2.56. The molecule has 4 aliphatic carbocycles. The first-order valence-electron chi connectivity index (χ1n) is 11.5. The summed E-state index contributed by atoms with van der Waals surface area (Å²) in [6, 6.07) is 17.6. The van der Waals surface area contributed by atoms with Crippen LogP contribution in [0.25, 0.3) is 11.8 Å². The van der Waals surface area contributed by atoms with E-state index in [-0.39, 0.29) is 11.2 Å². The van der Waals surface area contributed by atoms with Gasteiger partial charge in [0.05, 0.1) is 17.6 Å². The Bertz CT molecular complexity index is 1090. The molecule has 0 unspecified atom stereocenters. The van der Waals surface area contributed by atoms with Crippen LogP contribution in [0.15, 0.2) is 66.9 Å². The molecule has 156 valence electrons. The zero-order chi connectivity index (χ0) is 20.8. The minimum atomic E-state index is 0.0186. The number of nitrogens with zero attached hydrogens (tertiary/aromatic N) is 3. The van der Waals surface area contributed by atoms with Crippen LogP contribution in [0.3, 0.4) is 0 Å². The molecule has 0 N–H and O–H groups in total. The maximum Gasteiger partial charge on any atom is 0.185 e. The fourth-order valence-corrected chi connectivity index (χ4v) is 6.81.